The molecule has 0 radical (unpaired) electrons. The summed E-state index contributed by atoms with van der Waals surface area (Å²) >= 11 is 0. The second kappa shape index (κ2) is 6.84. The fraction of sp³-hybridized carbons (Fsp3) is 0.350. The first kappa shape index (κ1) is 16.1. The van der Waals surface area contributed by atoms with E-state index in [1.54, 1.807) is 10.7 Å². The molecular weight excluding hydrogens is 317 g/mol. The Bertz CT molecular complexity index is 923. The molecule has 0 spiro atoms. The molecule has 0 atom stereocenters. The Hall–Kier alpha value is -2.40. The summed E-state index contributed by atoms with van der Waals surface area (Å²) in [5.74, 6) is 0.658. The Morgan fingerprint density at radius 1 is 1.16 bits per heavy atom. The summed E-state index contributed by atoms with van der Waals surface area (Å²) in [6.45, 7) is 4.89. The van der Waals surface area contributed by atoms with Crippen LogP contribution in [0.5, 0.6) is 0 Å². The average molecular weight is 339 g/mol. The molecule has 1 aliphatic carbocycles. The van der Waals surface area contributed by atoms with E-state index in [4.69, 9.17) is 9.84 Å². The molecule has 25 heavy (non-hydrogen) atoms. The lowest BCUT2D eigenvalue weighted by Gasteiger charge is -2.26. The fourth-order valence-corrected chi connectivity index (χ4v) is 3.34. The number of ether oxygens (including phenoxy) is 1. The topological polar surface area (TPSA) is 30.3 Å². The van der Waals surface area contributed by atoms with E-state index in [2.05, 4.69) is 29.2 Å². The van der Waals surface area contributed by atoms with Gasteiger partial charge in [0, 0.05) is 18.3 Å². The number of hydrogen-bond acceptors (Lipinski definition) is 3. The largest absolute Gasteiger partial charge is 0.378 e. The zero-order chi connectivity index (χ0) is 17.2. The van der Waals surface area contributed by atoms with Crippen molar-refractivity contribution in [3.63, 3.8) is 0 Å². The van der Waals surface area contributed by atoms with Gasteiger partial charge in [-0.25, -0.2) is 9.07 Å². The van der Waals surface area contributed by atoms with Crippen molar-refractivity contribution in [1.29, 1.82) is 0 Å². The summed E-state index contributed by atoms with van der Waals surface area (Å²) in [5, 5.41) is 6.83. The minimum atomic E-state index is -0.246. The van der Waals surface area contributed by atoms with Crippen molar-refractivity contribution in [3.8, 4) is 5.69 Å². The molecule has 0 amide bonds. The number of nitrogens with zero attached hydrogens (tertiary/aromatic N) is 3. The number of fused-ring (bicyclic) bond motifs is 1. The Morgan fingerprint density at radius 3 is 2.80 bits per heavy atom. The highest BCUT2D eigenvalue weighted by atomic mass is 19.1. The third-order valence-electron chi connectivity index (χ3n) is 4.65. The zero-order valence-corrected chi connectivity index (χ0v) is 14.4. The molecule has 4 nitrogen and oxygen atoms in total. The maximum Gasteiger partial charge on any atom is 0.159 e. The van der Waals surface area contributed by atoms with Crippen LogP contribution in [-0.2, 0) is 4.74 Å². The van der Waals surface area contributed by atoms with Gasteiger partial charge >= 0.3 is 0 Å². The monoisotopic (exact) mass is 339 g/mol. The van der Waals surface area contributed by atoms with E-state index in [0.717, 1.165) is 47.9 Å². The molecule has 5 heteroatoms. The van der Waals surface area contributed by atoms with E-state index in [9.17, 15) is 4.39 Å². The van der Waals surface area contributed by atoms with Crippen molar-refractivity contribution in [2.75, 3.05) is 31.2 Å². The normalized spacial score (nSPS) is 21.3. The Kier molecular flexibility index (Phi) is 4.40. The van der Waals surface area contributed by atoms with E-state index in [0.29, 0.717) is 18.9 Å². The van der Waals surface area contributed by atoms with Gasteiger partial charge in [-0.2, -0.15) is 0 Å². The minimum absolute atomic E-state index is 0.246. The Balaban J connectivity index is 1.94. The molecule has 1 aromatic carbocycles. The molecule has 1 aromatic heterocycles. The number of halogens is 1. The number of morpholine rings is 1. The highest BCUT2D eigenvalue weighted by Crippen LogP contribution is 2.15. The van der Waals surface area contributed by atoms with Crippen molar-refractivity contribution in [3.05, 3.63) is 52.3 Å². The molecule has 1 fully saturated rings. The van der Waals surface area contributed by atoms with E-state index >= 15 is 0 Å². The van der Waals surface area contributed by atoms with Gasteiger partial charge in [0.1, 0.15) is 11.5 Å². The van der Waals surface area contributed by atoms with Crippen molar-refractivity contribution in [2.24, 2.45) is 0 Å². The van der Waals surface area contributed by atoms with Gasteiger partial charge in [-0.1, -0.05) is 24.3 Å². The van der Waals surface area contributed by atoms with Crippen LogP contribution in [0.1, 0.15) is 18.4 Å². The lowest BCUT2D eigenvalue weighted by molar-refractivity contribution is 0.122. The Morgan fingerprint density at radius 2 is 2.00 bits per heavy atom. The van der Waals surface area contributed by atoms with Gasteiger partial charge < -0.3 is 9.64 Å². The second-order valence-electron chi connectivity index (χ2n) is 6.46. The lowest BCUT2D eigenvalue weighted by atomic mass is 10.2. The molecule has 0 N–H and O–H groups in total. The Labute approximate surface area is 146 Å². The lowest BCUT2D eigenvalue weighted by Crippen LogP contribution is -2.40. The summed E-state index contributed by atoms with van der Waals surface area (Å²) in [4.78, 5) is 2.23. The van der Waals surface area contributed by atoms with Gasteiger partial charge in [0.25, 0.3) is 0 Å². The molecule has 2 aromatic rings. The first-order chi connectivity index (χ1) is 12.2. The van der Waals surface area contributed by atoms with Crippen molar-refractivity contribution < 1.29 is 9.13 Å². The SMILES string of the molecule is Cc1ccc(-n2nc(N3CCOCC3)c3/c2=C\CC\C=C\C=3)c(F)c1. The van der Waals surface area contributed by atoms with Crippen LogP contribution < -0.4 is 15.5 Å². The van der Waals surface area contributed by atoms with Crippen LogP contribution in [0.3, 0.4) is 0 Å². The smallest absolute Gasteiger partial charge is 0.159 e. The van der Waals surface area contributed by atoms with Gasteiger partial charge in [0.15, 0.2) is 5.82 Å². The predicted molar refractivity (Wildman–Crippen MR) is 97.8 cm³/mol. The van der Waals surface area contributed by atoms with Gasteiger partial charge in [-0.05, 0) is 43.5 Å². The molecule has 4 rings (SSSR count). The summed E-state index contributed by atoms with van der Waals surface area (Å²) in [7, 11) is 0. The third kappa shape index (κ3) is 3.12. The van der Waals surface area contributed by atoms with Crippen LogP contribution in [-0.4, -0.2) is 36.1 Å². The number of anilines is 1. The molecule has 2 aliphatic rings. The highest BCUT2D eigenvalue weighted by molar-refractivity contribution is 5.54. The molecule has 0 bridgehead atoms. The van der Waals surface area contributed by atoms with Crippen LogP contribution in [0, 0.1) is 12.7 Å². The van der Waals surface area contributed by atoms with Gasteiger partial charge in [-0.3, -0.25) is 0 Å². The first-order valence-electron chi connectivity index (χ1n) is 8.79. The van der Waals surface area contributed by atoms with Crippen molar-refractivity contribution in [1.82, 2.24) is 9.78 Å². The first-order valence-corrected chi connectivity index (χ1v) is 8.79. The third-order valence-corrected chi connectivity index (χ3v) is 4.65. The molecule has 2 heterocycles. The van der Waals surface area contributed by atoms with Gasteiger partial charge in [0.2, 0.25) is 0 Å². The summed E-state index contributed by atoms with van der Waals surface area (Å²) in [6.07, 6.45) is 10.4. The highest BCUT2D eigenvalue weighted by Gasteiger charge is 2.19. The number of hydrogen-bond donors (Lipinski definition) is 0. The predicted octanol–water partition coefficient (Wildman–Crippen LogP) is 2.07. The summed E-state index contributed by atoms with van der Waals surface area (Å²) < 4.78 is 21.8. The number of benzene rings is 1. The zero-order valence-electron chi connectivity index (χ0n) is 14.4. The number of aryl methyl sites for hydroxylation is 1. The van der Waals surface area contributed by atoms with Crippen LogP contribution in [0.4, 0.5) is 10.2 Å². The molecule has 0 saturated carbocycles. The standard InChI is InChI=1S/C20H22FN3O/c1-15-8-9-19(17(21)14-15)24-18-7-5-3-2-4-6-16(18)20(22-24)23-10-12-25-13-11-23/h2,4,6-9,14H,3,5,10-13H2,1H3/b4-2+,16-6+,18-7+. The van der Waals surface area contributed by atoms with E-state index < -0.39 is 0 Å². The van der Waals surface area contributed by atoms with Crippen LogP contribution in [0.15, 0.2) is 30.4 Å². The number of aromatic nitrogens is 2. The number of rotatable bonds is 2. The summed E-state index contributed by atoms with van der Waals surface area (Å²) in [6, 6.07) is 5.29. The molecule has 1 saturated heterocycles. The summed E-state index contributed by atoms with van der Waals surface area (Å²) in [5.41, 5.74) is 1.40. The molecule has 130 valence electrons. The molecular formula is C20H22FN3O. The quantitative estimate of drug-likeness (QED) is 0.839. The van der Waals surface area contributed by atoms with E-state index in [1.807, 2.05) is 19.1 Å². The molecule has 0 unspecified atom stereocenters. The maximum absolute atomic E-state index is 14.6. The second-order valence-corrected chi connectivity index (χ2v) is 6.46. The number of allylic oxidation sites excluding steroid dienone is 2. The fourth-order valence-electron chi connectivity index (χ4n) is 3.34. The van der Waals surface area contributed by atoms with Gasteiger partial charge in [0.05, 0.1) is 18.6 Å². The van der Waals surface area contributed by atoms with E-state index in [-0.39, 0.29) is 5.82 Å². The van der Waals surface area contributed by atoms with Crippen LogP contribution in [0.2, 0.25) is 0 Å². The average Bonchev–Trinajstić information content (AvgIpc) is 2.93. The molecule has 1 aliphatic heterocycles. The van der Waals surface area contributed by atoms with Crippen molar-refractivity contribution in [2.45, 2.75) is 19.8 Å². The van der Waals surface area contributed by atoms with Crippen LogP contribution >= 0.6 is 0 Å². The van der Waals surface area contributed by atoms with Crippen LogP contribution in [0.25, 0.3) is 17.8 Å². The minimum Gasteiger partial charge on any atom is -0.378 e. The van der Waals surface area contributed by atoms with E-state index in [1.165, 1.54) is 0 Å². The van der Waals surface area contributed by atoms with Crippen molar-refractivity contribution >= 4 is 18.0 Å². The maximum atomic E-state index is 14.6. The van der Waals surface area contributed by atoms with Gasteiger partial charge in [-0.15, -0.1) is 5.10 Å².